The van der Waals surface area contributed by atoms with Crippen molar-refractivity contribution in [3.8, 4) is 0 Å². The number of pyridine rings is 1. The molecular weight excluding hydrogens is 375 g/mol. The molecule has 3 heterocycles. The third kappa shape index (κ3) is 3.35. The Kier molecular flexibility index (Phi) is 4.97. The lowest BCUT2D eigenvalue weighted by molar-refractivity contribution is 0.209. The smallest absolute Gasteiger partial charge is 0.146 e. The molecule has 1 N–H and O–H groups in total. The van der Waals surface area contributed by atoms with Crippen LogP contribution in [0.4, 0.5) is 10.1 Å². The lowest BCUT2D eigenvalue weighted by Crippen LogP contribution is -2.48. The molecule has 1 atom stereocenters. The first kappa shape index (κ1) is 18.8. The summed E-state index contributed by atoms with van der Waals surface area (Å²) in [5.41, 5.74) is 5.34. The molecular formula is C25H25FN4. The van der Waals surface area contributed by atoms with E-state index in [1.54, 1.807) is 6.07 Å². The van der Waals surface area contributed by atoms with Crippen molar-refractivity contribution in [2.24, 2.45) is 0 Å². The number of hydrogen-bond donors (Lipinski definition) is 1. The molecule has 1 saturated heterocycles. The highest BCUT2D eigenvalue weighted by molar-refractivity contribution is 5.85. The number of para-hydroxylation sites is 2. The van der Waals surface area contributed by atoms with E-state index >= 15 is 0 Å². The molecule has 0 unspecified atom stereocenters. The molecule has 2 aromatic carbocycles. The van der Waals surface area contributed by atoms with Crippen molar-refractivity contribution in [1.82, 2.24) is 14.9 Å². The van der Waals surface area contributed by atoms with Crippen LogP contribution >= 0.6 is 0 Å². The van der Waals surface area contributed by atoms with Crippen molar-refractivity contribution >= 4 is 16.6 Å². The van der Waals surface area contributed by atoms with Crippen LogP contribution in [0.3, 0.4) is 0 Å². The maximum absolute atomic E-state index is 14.3. The molecule has 0 saturated carbocycles. The van der Waals surface area contributed by atoms with Gasteiger partial charge in [0.15, 0.2) is 0 Å². The van der Waals surface area contributed by atoms with Crippen LogP contribution in [0.1, 0.15) is 23.0 Å². The summed E-state index contributed by atoms with van der Waals surface area (Å²) < 4.78 is 14.3. The average molecular weight is 401 g/mol. The van der Waals surface area contributed by atoms with Crippen LogP contribution in [0.25, 0.3) is 10.9 Å². The fourth-order valence-corrected chi connectivity index (χ4v) is 4.64. The first-order valence-electron chi connectivity index (χ1n) is 10.4. The Morgan fingerprint density at radius 2 is 1.63 bits per heavy atom. The van der Waals surface area contributed by atoms with Gasteiger partial charge in [0.25, 0.3) is 0 Å². The number of nitrogens with zero attached hydrogens (tertiary/aromatic N) is 3. The topological polar surface area (TPSA) is 35.2 Å². The number of hydrogen-bond acceptors (Lipinski definition) is 3. The van der Waals surface area contributed by atoms with Crippen molar-refractivity contribution in [3.05, 3.63) is 95.7 Å². The number of aromatic nitrogens is 2. The van der Waals surface area contributed by atoms with Gasteiger partial charge in [-0.1, -0.05) is 36.4 Å². The number of rotatable bonds is 4. The molecule has 0 spiro atoms. The third-order valence-electron chi connectivity index (χ3n) is 6.06. The van der Waals surface area contributed by atoms with Crippen molar-refractivity contribution in [1.29, 1.82) is 0 Å². The van der Waals surface area contributed by atoms with E-state index in [4.69, 9.17) is 4.98 Å². The zero-order chi connectivity index (χ0) is 20.5. The molecule has 0 bridgehead atoms. The van der Waals surface area contributed by atoms with Crippen LogP contribution in [0.15, 0.2) is 72.9 Å². The van der Waals surface area contributed by atoms with E-state index in [2.05, 4.69) is 58.1 Å². The second kappa shape index (κ2) is 7.92. The van der Waals surface area contributed by atoms with Gasteiger partial charge in [-0.2, -0.15) is 0 Å². The molecule has 1 aliphatic heterocycles. The summed E-state index contributed by atoms with van der Waals surface area (Å²) in [4.78, 5) is 12.9. The summed E-state index contributed by atoms with van der Waals surface area (Å²) in [5.74, 6) is -0.153. The maximum Gasteiger partial charge on any atom is 0.146 e. The van der Waals surface area contributed by atoms with Crippen molar-refractivity contribution < 1.29 is 4.39 Å². The molecule has 4 aromatic rings. The van der Waals surface area contributed by atoms with E-state index in [1.165, 1.54) is 22.7 Å². The normalized spacial score (nSPS) is 16.1. The fraction of sp³-hybridized carbons (Fsp3) is 0.240. The molecule has 2 aromatic heterocycles. The number of aryl methyl sites for hydroxylation is 1. The quantitative estimate of drug-likeness (QED) is 0.528. The minimum Gasteiger partial charge on any atom is -0.367 e. The standard InChI is InChI=1S/C25H25FN4/c1-18-24(19-8-2-4-10-21(19)28-18)25(22-11-6-7-13-27-22)30-16-14-29(15-17-30)23-12-5-3-9-20(23)26/h2-13,25,28H,14-17H2,1H3/t25-/m1/s1. The zero-order valence-corrected chi connectivity index (χ0v) is 17.1. The molecule has 30 heavy (non-hydrogen) atoms. The average Bonchev–Trinajstić information content (AvgIpc) is 3.11. The highest BCUT2D eigenvalue weighted by Crippen LogP contribution is 2.36. The van der Waals surface area contributed by atoms with Crippen LogP contribution in [-0.2, 0) is 0 Å². The number of nitrogens with one attached hydrogen (secondary N) is 1. The summed E-state index contributed by atoms with van der Waals surface area (Å²) in [6.45, 7) is 5.39. The van der Waals surface area contributed by atoms with Crippen molar-refractivity contribution in [3.63, 3.8) is 0 Å². The Morgan fingerprint density at radius 3 is 2.40 bits per heavy atom. The Morgan fingerprint density at radius 1 is 0.900 bits per heavy atom. The van der Waals surface area contributed by atoms with Crippen LogP contribution in [-0.4, -0.2) is 41.0 Å². The largest absolute Gasteiger partial charge is 0.367 e. The predicted molar refractivity (Wildman–Crippen MR) is 119 cm³/mol. The summed E-state index contributed by atoms with van der Waals surface area (Å²) in [7, 11) is 0. The minimum absolute atomic E-state index is 0.0603. The van der Waals surface area contributed by atoms with E-state index in [0.717, 1.165) is 37.4 Å². The third-order valence-corrected chi connectivity index (χ3v) is 6.06. The van der Waals surface area contributed by atoms with Crippen LogP contribution in [0.5, 0.6) is 0 Å². The van der Waals surface area contributed by atoms with Crippen molar-refractivity contribution in [2.45, 2.75) is 13.0 Å². The fourth-order valence-electron chi connectivity index (χ4n) is 4.64. The molecule has 0 aliphatic carbocycles. The SMILES string of the molecule is Cc1[nH]c2ccccc2c1[C@@H](c1ccccn1)N1CCN(c2ccccc2F)CC1. The number of H-pyrrole nitrogens is 1. The highest BCUT2D eigenvalue weighted by atomic mass is 19.1. The van der Waals surface area contributed by atoms with E-state index in [0.29, 0.717) is 5.69 Å². The predicted octanol–water partition coefficient (Wildman–Crippen LogP) is 4.92. The minimum atomic E-state index is -0.153. The van der Waals surface area contributed by atoms with E-state index in [1.807, 2.05) is 24.4 Å². The van der Waals surface area contributed by atoms with Gasteiger partial charge in [0.2, 0.25) is 0 Å². The number of benzene rings is 2. The van der Waals surface area contributed by atoms with Gasteiger partial charge in [-0.05, 0) is 37.3 Å². The van der Waals surface area contributed by atoms with Crippen LogP contribution in [0.2, 0.25) is 0 Å². The van der Waals surface area contributed by atoms with E-state index < -0.39 is 0 Å². The molecule has 152 valence electrons. The Bertz CT molecular complexity index is 1150. The number of piperazine rings is 1. The zero-order valence-electron chi connectivity index (χ0n) is 17.1. The van der Waals surface area contributed by atoms with Crippen molar-refractivity contribution in [2.75, 3.05) is 31.1 Å². The van der Waals surface area contributed by atoms with Gasteiger partial charge in [-0.15, -0.1) is 0 Å². The molecule has 4 nitrogen and oxygen atoms in total. The molecule has 5 rings (SSSR count). The van der Waals surface area contributed by atoms with Gasteiger partial charge in [0.05, 0.1) is 17.4 Å². The summed E-state index contributed by atoms with van der Waals surface area (Å²) >= 11 is 0. The van der Waals surface area contributed by atoms with Gasteiger partial charge in [0, 0.05) is 54.5 Å². The number of anilines is 1. The van der Waals surface area contributed by atoms with Crippen LogP contribution in [0, 0.1) is 12.7 Å². The first-order chi connectivity index (χ1) is 14.7. The van der Waals surface area contributed by atoms with E-state index in [-0.39, 0.29) is 11.9 Å². The summed E-state index contributed by atoms with van der Waals surface area (Å²) in [5, 5.41) is 1.24. The number of aromatic amines is 1. The van der Waals surface area contributed by atoms with Crippen LogP contribution < -0.4 is 4.90 Å². The number of halogens is 1. The lowest BCUT2D eigenvalue weighted by atomic mass is 9.97. The Balaban J connectivity index is 1.50. The summed E-state index contributed by atoms with van der Waals surface area (Å²) in [6.07, 6.45) is 1.86. The summed E-state index contributed by atoms with van der Waals surface area (Å²) in [6, 6.07) is 21.7. The molecule has 1 fully saturated rings. The molecule has 0 amide bonds. The Labute approximate surface area is 176 Å². The molecule has 5 heteroatoms. The highest BCUT2D eigenvalue weighted by Gasteiger charge is 2.31. The van der Waals surface area contributed by atoms with E-state index in [9.17, 15) is 4.39 Å². The molecule has 0 radical (unpaired) electrons. The molecule has 1 aliphatic rings. The van der Waals surface area contributed by atoms with Gasteiger partial charge in [-0.25, -0.2) is 4.39 Å². The van der Waals surface area contributed by atoms with Gasteiger partial charge in [0.1, 0.15) is 5.82 Å². The van der Waals surface area contributed by atoms with Gasteiger partial charge < -0.3 is 9.88 Å². The number of fused-ring (bicyclic) bond motifs is 1. The lowest BCUT2D eigenvalue weighted by Gasteiger charge is -2.40. The Hall–Kier alpha value is -3.18. The maximum atomic E-state index is 14.3. The monoisotopic (exact) mass is 400 g/mol. The first-order valence-corrected chi connectivity index (χ1v) is 10.4. The van der Waals surface area contributed by atoms with Gasteiger partial charge >= 0.3 is 0 Å². The second-order valence-corrected chi connectivity index (χ2v) is 7.84. The second-order valence-electron chi connectivity index (χ2n) is 7.84. The van der Waals surface area contributed by atoms with Gasteiger partial charge in [-0.3, -0.25) is 9.88 Å².